The largest absolute Gasteiger partial charge is 0.419 e. The van der Waals surface area contributed by atoms with E-state index in [0.29, 0.717) is 62.9 Å². The molecule has 12 heteroatoms. The number of hydrogen-bond donors (Lipinski definition) is 0. The number of anilines is 2. The second-order valence-corrected chi connectivity index (χ2v) is 9.58. The van der Waals surface area contributed by atoms with Gasteiger partial charge in [0, 0.05) is 63.2 Å². The van der Waals surface area contributed by atoms with E-state index < -0.39 is 17.6 Å². The number of pyridine rings is 1. The molecule has 3 aromatic heterocycles. The summed E-state index contributed by atoms with van der Waals surface area (Å²) in [5.74, 6) is 1.18. The molecule has 7 nitrogen and oxygen atoms in total. The zero-order chi connectivity index (χ0) is 28.9. The molecule has 0 spiro atoms. The van der Waals surface area contributed by atoms with Crippen molar-refractivity contribution >= 4 is 23.2 Å². The number of alkyl halides is 3. The molecule has 1 atom stereocenters. The molecule has 3 aromatic rings. The standard InChI is InChI=1S/C26H26ClF4N7.C2H6/c1-2-22-32-10-11-38(22)25-34-21(17-5-7-19(27)20(28)8-6-17)16-23(35-25)36-12-14-37(15-13-36)24-18(26(29,30)31)4-3-9-33-24;1-2/h3-4,6,8-11,16-17H,2,5,7,12-15H2,1H3;1-2H3. The molecule has 1 saturated heterocycles. The number of piperazine rings is 1. The number of aryl methyl sites for hydroxylation is 1. The number of imidazole rings is 1. The summed E-state index contributed by atoms with van der Waals surface area (Å²) in [7, 11) is 0. The first-order chi connectivity index (χ1) is 19.2. The molecule has 1 fully saturated rings. The first kappa shape index (κ1) is 29.5. The van der Waals surface area contributed by atoms with Crippen LogP contribution in [0.4, 0.5) is 29.2 Å². The van der Waals surface area contributed by atoms with Gasteiger partial charge in [0.25, 0.3) is 0 Å². The Morgan fingerprint density at radius 3 is 2.45 bits per heavy atom. The van der Waals surface area contributed by atoms with Crippen molar-refractivity contribution < 1.29 is 17.6 Å². The van der Waals surface area contributed by atoms with E-state index in [1.54, 1.807) is 23.4 Å². The fourth-order valence-corrected chi connectivity index (χ4v) is 4.90. The summed E-state index contributed by atoms with van der Waals surface area (Å²) in [5.41, 5.74) is -0.0328. The minimum absolute atomic E-state index is 0.0651. The van der Waals surface area contributed by atoms with Gasteiger partial charge in [-0.3, -0.25) is 4.57 Å². The highest BCUT2D eigenvalue weighted by molar-refractivity contribution is 6.30. The minimum atomic E-state index is -4.48. The number of nitrogens with zero attached hydrogens (tertiary/aromatic N) is 7. The van der Waals surface area contributed by atoms with Crippen LogP contribution >= 0.6 is 11.6 Å². The van der Waals surface area contributed by atoms with Gasteiger partial charge in [0.2, 0.25) is 5.95 Å². The van der Waals surface area contributed by atoms with Crippen molar-refractivity contribution in [2.45, 2.75) is 52.1 Å². The van der Waals surface area contributed by atoms with E-state index in [4.69, 9.17) is 21.6 Å². The zero-order valence-electron chi connectivity index (χ0n) is 22.7. The number of halogens is 5. The highest BCUT2D eigenvalue weighted by Crippen LogP contribution is 2.36. The van der Waals surface area contributed by atoms with Crippen LogP contribution < -0.4 is 9.80 Å². The first-order valence-corrected chi connectivity index (χ1v) is 13.8. The second-order valence-electron chi connectivity index (χ2n) is 9.12. The lowest BCUT2D eigenvalue weighted by molar-refractivity contribution is -0.137. The van der Waals surface area contributed by atoms with E-state index in [0.717, 1.165) is 11.9 Å². The van der Waals surface area contributed by atoms with E-state index in [9.17, 15) is 17.6 Å². The van der Waals surface area contributed by atoms with Crippen LogP contribution in [0, 0.1) is 0 Å². The van der Waals surface area contributed by atoms with Crippen LogP contribution in [0.3, 0.4) is 0 Å². The van der Waals surface area contributed by atoms with Gasteiger partial charge in [-0.15, -0.1) is 0 Å². The van der Waals surface area contributed by atoms with Gasteiger partial charge >= 0.3 is 6.18 Å². The number of allylic oxidation sites excluding steroid dienone is 4. The van der Waals surface area contributed by atoms with Gasteiger partial charge in [0.05, 0.1) is 16.3 Å². The van der Waals surface area contributed by atoms with Crippen molar-refractivity contribution in [2.75, 3.05) is 36.0 Å². The van der Waals surface area contributed by atoms with Crippen LogP contribution in [-0.2, 0) is 12.6 Å². The first-order valence-electron chi connectivity index (χ1n) is 13.4. The lowest BCUT2D eigenvalue weighted by atomic mass is 9.99. The van der Waals surface area contributed by atoms with Crippen LogP contribution in [0.2, 0.25) is 0 Å². The van der Waals surface area contributed by atoms with Crippen molar-refractivity contribution in [3.05, 3.63) is 76.9 Å². The summed E-state index contributed by atoms with van der Waals surface area (Å²) in [6.07, 6.45) is 5.14. The summed E-state index contributed by atoms with van der Waals surface area (Å²) in [5, 5.41) is 0.185. The summed E-state index contributed by atoms with van der Waals surface area (Å²) in [6.45, 7) is 7.55. The Balaban J connectivity index is 0.00000181. The van der Waals surface area contributed by atoms with Crippen molar-refractivity contribution in [1.82, 2.24) is 24.5 Å². The van der Waals surface area contributed by atoms with Gasteiger partial charge in [-0.2, -0.15) is 18.2 Å². The third kappa shape index (κ3) is 6.46. The highest BCUT2D eigenvalue weighted by atomic mass is 35.5. The number of aromatic nitrogens is 5. The summed E-state index contributed by atoms with van der Waals surface area (Å²) >= 11 is 6.05. The Kier molecular flexibility index (Phi) is 9.44. The molecule has 214 valence electrons. The molecule has 4 heterocycles. The normalized spacial score (nSPS) is 17.9. The van der Waals surface area contributed by atoms with E-state index in [-0.39, 0.29) is 16.8 Å². The molecule has 1 aliphatic carbocycles. The van der Waals surface area contributed by atoms with Gasteiger partial charge in [0.1, 0.15) is 23.3 Å². The van der Waals surface area contributed by atoms with Crippen molar-refractivity contribution in [3.63, 3.8) is 0 Å². The van der Waals surface area contributed by atoms with E-state index in [1.807, 2.05) is 36.3 Å². The monoisotopic (exact) mass is 577 g/mol. The van der Waals surface area contributed by atoms with Gasteiger partial charge < -0.3 is 9.80 Å². The predicted molar refractivity (Wildman–Crippen MR) is 149 cm³/mol. The minimum Gasteiger partial charge on any atom is -0.353 e. The number of rotatable bonds is 5. The summed E-state index contributed by atoms with van der Waals surface area (Å²) < 4.78 is 56.5. The van der Waals surface area contributed by atoms with E-state index in [1.165, 1.54) is 18.3 Å². The lowest BCUT2D eigenvalue weighted by Crippen LogP contribution is -2.47. The molecule has 0 N–H and O–H groups in total. The van der Waals surface area contributed by atoms with Crippen LogP contribution in [-0.4, -0.2) is 50.7 Å². The predicted octanol–water partition coefficient (Wildman–Crippen LogP) is 6.84. The topological polar surface area (TPSA) is 63.0 Å². The highest BCUT2D eigenvalue weighted by Gasteiger charge is 2.36. The fourth-order valence-electron chi connectivity index (χ4n) is 4.73. The molecule has 1 aliphatic heterocycles. The van der Waals surface area contributed by atoms with Gasteiger partial charge in [-0.1, -0.05) is 38.4 Å². The maximum Gasteiger partial charge on any atom is 0.419 e. The van der Waals surface area contributed by atoms with Crippen LogP contribution in [0.15, 0.2) is 59.8 Å². The average Bonchev–Trinajstić information content (AvgIpc) is 3.40. The lowest BCUT2D eigenvalue weighted by Gasteiger charge is -2.37. The molecule has 0 amide bonds. The quantitative estimate of drug-likeness (QED) is 0.309. The van der Waals surface area contributed by atoms with Crippen molar-refractivity contribution in [2.24, 2.45) is 0 Å². The molecule has 40 heavy (non-hydrogen) atoms. The number of hydrogen-bond acceptors (Lipinski definition) is 6. The third-order valence-corrected chi connectivity index (χ3v) is 7.12. The van der Waals surface area contributed by atoms with Gasteiger partial charge in [-0.25, -0.2) is 19.3 Å². The Labute approximate surface area is 236 Å². The summed E-state index contributed by atoms with van der Waals surface area (Å²) in [6, 6.07) is 4.22. The molecule has 2 aliphatic rings. The van der Waals surface area contributed by atoms with E-state index in [2.05, 4.69) is 9.97 Å². The Morgan fingerprint density at radius 2 is 1.75 bits per heavy atom. The zero-order valence-corrected chi connectivity index (χ0v) is 23.4. The molecule has 0 radical (unpaired) electrons. The Bertz CT molecular complexity index is 1360. The fraction of sp³-hybridized carbons (Fsp3) is 0.429. The molecular weight excluding hydrogens is 546 g/mol. The van der Waals surface area contributed by atoms with Crippen LogP contribution in [0.1, 0.15) is 56.6 Å². The molecule has 0 bridgehead atoms. The van der Waals surface area contributed by atoms with Crippen LogP contribution in [0.5, 0.6) is 0 Å². The van der Waals surface area contributed by atoms with Gasteiger partial charge in [-0.05, 0) is 31.1 Å². The maximum absolute atomic E-state index is 14.1. The van der Waals surface area contributed by atoms with Gasteiger partial charge in [0.15, 0.2) is 0 Å². The molecule has 1 unspecified atom stereocenters. The molecular formula is C28H32ClF4N7. The van der Waals surface area contributed by atoms with Crippen molar-refractivity contribution in [3.8, 4) is 5.95 Å². The smallest absolute Gasteiger partial charge is 0.353 e. The third-order valence-electron chi connectivity index (χ3n) is 6.75. The molecule has 0 aromatic carbocycles. The van der Waals surface area contributed by atoms with E-state index >= 15 is 0 Å². The SMILES string of the molecule is CC.CCc1nccn1-c1nc(C2C=CC(F)=C(Cl)CC2)cc(N2CCN(c3ncccc3C(F)(F)F)CC2)n1. The average molecular weight is 578 g/mol. The molecule has 0 saturated carbocycles. The molecule has 5 rings (SSSR count). The maximum atomic E-state index is 14.1. The van der Waals surface area contributed by atoms with Crippen molar-refractivity contribution in [1.29, 1.82) is 0 Å². The Hall–Kier alpha value is -3.47. The summed E-state index contributed by atoms with van der Waals surface area (Å²) in [4.78, 5) is 21.7. The van der Waals surface area contributed by atoms with Crippen LogP contribution in [0.25, 0.3) is 5.95 Å². The second kappa shape index (κ2) is 12.8. The Morgan fingerprint density at radius 1 is 1.02 bits per heavy atom.